The van der Waals surface area contributed by atoms with Crippen LogP contribution in [-0.4, -0.2) is 13.1 Å². The van der Waals surface area contributed by atoms with Crippen LogP contribution in [0, 0.1) is 0 Å². The van der Waals surface area contributed by atoms with Gasteiger partial charge in [0.2, 0.25) is 0 Å². The molecular weight excluding hydrogens is 134 g/mol. The van der Waals surface area contributed by atoms with E-state index in [9.17, 15) is 0 Å². The summed E-state index contributed by atoms with van der Waals surface area (Å²) >= 11 is 0. The molecule has 0 aromatic heterocycles. The van der Waals surface area contributed by atoms with Gasteiger partial charge in [-0.2, -0.15) is 0 Å². The second kappa shape index (κ2) is 3.05. The Morgan fingerprint density at radius 1 is 0.909 bits per heavy atom. The van der Waals surface area contributed by atoms with Gasteiger partial charge in [-0.15, -0.1) is 13.1 Å². The van der Waals surface area contributed by atoms with E-state index in [0.29, 0.717) is 0 Å². The van der Waals surface area contributed by atoms with E-state index in [0.717, 1.165) is 25.9 Å². The van der Waals surface area contributed by atoms with Gasteiger partial charge >= 0.3 is 0 Å². The van der Waals surface area contributed by atoms with Crippen molar-refractivity contribution in [2.75, 3.05) is 13.1 Å². The van der Waals surface area contributed by atoms with Crippen molar-refractivity contribution < 1.29 is 0 Å². The van der Waals surface area contributed by atoms with Crippen LogP contribution >= 0.6 is 0 Å². The number of nitrogens with zero attached hydrogens (tertiary/aromatic N) is 1. The van der Waals surface area contributed by atoms with E-state index in [1.165, 1.54) is 11.1 Å². The minimum atomic E-state index is 1.01. The number of rotatable bonds is 0. The van der Waals surface area contributed by atoms with Crippen LogP contribution in [0.15, 0.2) is 24.3 Å². The molecule has 2 rings (SSSR count). The van der Waals surface area contributed by atoms with Crippen molar-refractivity contribution in [1.82, 2.24) is 0 Å². The molecule has 58 valence electrons. The minimum absolute atomic E-state index is 1.01. The van der Waals surface area contributed by atoms with Gasteiger partial charge in [0, 0.05) is 0 Å². The van der Waals surface area contributed by atoms with E-state index in [1.807, 2.05) is 0 Å². The summed E-state index contributed by atoms with van der Waals surface area (Å²) in [5.74, 6) is 0. The zero-order chi connectivity index (χ0) is 7.52. The highest BCUT2D eigenvalue weighted by molar-refractivity contribution is 5.30. The minimum Gasteiger partial charge on any atom is -0.662 e. The monoisotopic (exact) mass is 146 g/mol. The second-order valence-corrected chi connectivity index (χ2v) is 2.94. The topological polar surface area (TPSA) is 14.1 Å². The summed E-state index contributed by atoms with van der Waals surface area (Å²) in [6.07, 6.45) is 2.27. The van der Waals surface area contributed by atoms with Gasteiger partial charge in [-0.25, -0.2) is 0 Å². The van der Waals surface area contributed by atoms with Crippen LogP contribution < -0.4 is 0 Å². The Bertz CT molecular complexity index is 217. The molecule has 0 saturated carbocycles. The highest BCUT2D eigenvalue weighted by atomic mass is 14.8. The van der Waals surface area contributed by atoms with Crippen molar-refractivity contribution in [3.8, 4) is 0 Å². The van der Waals surface area contributed by atoms with Crippen molar-refractivity contribution in [2.24, 2.45) is 0 Å². The Hall–Kier alpha value is -0.820. The molecule has 0 atom stereocenters. The lowest BCUT2D eigenvalue weighted by Crippen LogP contribution is -1.90. The SMILES string of the molecule is c1ccc2c(c1)CC[N-]CC2. The summed E-state index contributed by atoms with van der Waals surface area (Å²) in [6, 6.07) is 8.67. The normalized spacial score (nSPS) is 17.1. The summed E-state index contributed by atoms with van der Waals surface area (Å²) in [5.41, 5.74) is 2.99. The molecular formula is C10H12N-. The van der Waals surface area contributed by atoms with E-state index in [-0.39, 0.29) is 0 Å². The first kappa shape index (κ1) is 6.86. The first-order valence-electron chi connectivity index (χ1n) is 4.17. The molecule has 1 heterocycles. The molecule has 0 spiro atoms. The smallest absolute Gasteiger partial charge is 0.0465 e. The van der Waals surface area contributed by atoms with Gasteiger partial charge in [0.1, 0.15) is 0 Å². The first-order valence-corrected chi connectivity index (χ1v) is 4.17. The van der Waals surface area contributed by atoms with E-state index in [2.05, 4.69) is 29.6 Å². The number of benzene rings is 1. The molecule has 0 amide bonds. The van der Waals surface area contributed by atoms with E-state index in [1.54, 1.807) is 0 Å². The molecule has 1 aliphatic rings. The Labute approximate surface area is 67.4 Å². The highest BCUT2D eigenvalue weighted by Gasteiger charge is 1.99. The van der Waals surface area contributed by atoms with Crippen molar-refractivity contribution in [3.63, 3.8) is 0 Å². The van der Waals surface area contributed by atoms with Gasteiger partial charge in [0.15, 0.2) is 0 Å². The van der Waals surface area contributed by atoms with Crippen LogP contribution in [0.3, 0.4) is 0 Å². The summed E-state index contributed by atoms with van der Waals surface area (Å²) < 4.78 is 0. The quantitative estimate of drug-likeness (QED) is 0.532. The average Bonchev–Trinajstić information content (AvgIpc) is 2.28. The molecule has 1 nitrogen and oxygen atoms in total. The molecule has 11 heavy (non-hydrogen) atoms. The van der Waals surface area contributed by atoms with Crippen LogP contribution in [0.25, 0.3) is 5.32 Å². The van der Waals surface area contributed by atoms with E-state index < -0.39 is 0 Å². The predicted octanol–water partition coefficient (Wildman–Crippen LogP) is 2.16. The van der Waals surface area contributed by atoms with Crippen molar-refractivity contribution in [3.05, 3.63) is 40.7 Å². The average molecular weight is 146 g/mol. The molecule has 1 aromatic carbocycles. The lowest BCUT2D eigenvalue weighted by molar-refractivity contribution is 1.02. The second-order valence-electron chi connectivity index (χ2n) is 2.94. The lowest BCUT2D eigenvalue weighted by atomic mass is 10.0. The Morgan fingerprint density at radius 2 is 1.45 bits per heavy atom. The van der Waals surface area contributed by atoms with Crippen LogP contribution in [0.4, 0.5) is 0 Å². The van der Waals surface area contributed by atoms with E-state index >= 15 is 0 Å². The molecule has 0 N–H and O–H groups in total. The fourth-order valence-corrected chi connectivity index (χ4v) is 1.56. The molecule has 0 radical (unpaired) electrons. The summed E-state index contributed by atoms with van der Waals surface area (Å²) in [6.45, 7) is 2.02. The standard InChI is InChI=1S/C10H12N/c1-2-4-10-6-8-11-7-5-9(10)3-1/h1-4H,5-8H2/q-1. The van der Waals surface area contributed by atoms with Gasteiger partial charge in [-0.1, -0.05) is 24.3 Å². The molecule has 0 aliphatic carbocycles. The molecule has 1 aromatic rings. The molecule has 0 saturated heterocycles. The maximum atomic E-state index is 4.39. The predicted molar refractivity (Wildman–Crippen MR) is 46.9 cm³/mol. The van der Waals surface area contributed by atoms with Crippen LogP contribution in [-0.2, 0) is 12.8 Å². The first-order chi connectivity index (χ1) is 5.47. The zero-order valence-corrected chi connectivity index (χ0v) is 6.59. The number of hydrogen-bond donors (Lipinski definition) is 0. The maximum absolute atomic E-state index is 4.39. The molecule has 0 unspecified atom stereocenters. The lowest BCUT2D eigenvalue weighted by Gasteiger charge is -2.12. The van der Waals surface area contributed by atoms with Crippen molar-refractivity contribution in [2.45, 2.75) is 12.8 Å². The summed E-state index contributed by atoms with van der Waals surface area (Å²) in [7, 11) is 0. The van der Waals surface area contributed by atoms with Crippen molar-refractivity contribution >= 4 is 0 Å². The molecule has 1 heteroatoms. The zero-order valence-electron chi connectivity index (χ0n) is 6.59. The third-order valence-electron chi connectivity index (χ3n) is 2.20. The van der Waals surface area contributed by atoms with Crippen LogP contribution in [0.2, 0.25) is 0 Å². The van der Waals surface area contributed by atoms with Crippen molar-refractivity contribution in [1.29, 1.82) is 0 Å². The third kappa shape index (κ3) is 1.43. The van der Waals surface area contributed by atoms with Gasteiger partial charge in [-0.05, 0) is 24.0 Å². The van der Waals surface area contributed by atoms with Crippen LogP contribution in [0.5, 0.6) is 0 Å². The van der Waals surface area contributed by atoms with Gasteiger partial charge in [0.25, 0.3) is 0 Å². The highest BCUT2D eigenvalue weighted by Crippen LogP contribution is 2.15. The van der Waals surface area contributed by atoms with Gasteiger partial charge < -0.3 is 5.32 Å². The van der Waals surface area contributed by atoms with Gasteiger partial charge in [-0.3, -0.25) is 0 Å². The maximum Gasteiger partial charge on any atom is -0.0465 e. The van der Waals surface area contributed by atoms with Crippen LogP contribution in [0.1, 0.15) is 11.1 Å². The Balaban J connectivity index is 2.33. The fourth-order valence-electron chi connectivity index (χ4n) is 1.56. The number of hydrogen-bond acceptors (Lipinski definition) is 0. The number of fused-ring (bicyclic) bond motifs is 1. The van der Waals surface area contributed by atoms with E-state index in [4.69, 9.17) is 0 Å². The third-order valence-corrected chi connectivity index (χ3v) is 2.20. The summed E-state index contributed by atoms with van der Waals surface area (Å²) in [5, 5.41) is 4.39. The summed E-state index contributed by atoms with van der Waals surface area (Å²) in [4.78, 5) is 0. The van der Waals surface area contributed by atoms with Gasteiger partial charge in [0.05, 0.1) is 0 Å². The molecule has 0 bridgehead atoms. The molecule has 1 aliphatic heterocycles. The Kier molecular flexibility index (Phi) is 1.91. The molecule has 0 fully saturated rings. The largest absolute Gasteiger partial charge is 0.662 e. The Morgan fingerprint density at radius 3 is 2.00 bits per heavy atom. The fraction of sp³-hybridized carbons (Fsp3) is 0.400.